The highest BCUT2D eigenvalue weighted by Crippen LogP contribution is 2.19. The maximum absolute atomic E-state index is 10.3. The summed E-state index contributed by atoms with van der Waals surface area (Å²) in [5, 5.41) is 10.3. The van der Waals surface area contributed by atoms with Crippen LogP contribution in [-0.4, -0.2) is 41.3 Å². The number of nitrogens with zero attached hydrogens (tertiary/aromatic N) is 2. The van der Waals surface area contributed by atoms with Crippen molar-refractivity contribution < 1.29 is 14.6 Å². The highest BCUT2D eigenvalue weighted by molar-refractivity contribution is 5.35. The molecule has 2 aromatic carbocycles. The Labute approximate surface area is 178 Å². The van der Waals surface area contributed by atoms with Gasteiger partial charge in [-0.2, -0.15) is 0 Å². The molecule has 158 valence electrons. The Kier molecular flexibility index (Phi) is 7.82. The quantitative estimate of drug-likeness (QED) is 0.548. The molecule has 0 saturated heterocycles. The number of ether oxygens (including phenoxy) is 2. The number of aliphatic hydroxyl groups is 1. The SMILES string of the molecule is Cc1ccc(OC[C@@H](O)CN(C)Cc2ccc(OCc3ccccn3)cc2)c(C)c1. The van der Waals surface area contributed by atoms with Crippen LogP contribution in [0.1, 0.15) is 22.4 Å². The first kappa shape index (κ1) is 21.8. The molecule has 3 rings (SSSR count). The van der Waals surface area contributed by atoms with Gasteiger partial charge in [0.25, 0.3) is 0 Å². The minimum atomic E-state index is -0.559. The molecule has 0 radical (unpaired) electrons. The summed E-state index contributed by atoms with van der Waals surface area (Å²) in [6, 6.07) is 19.9. The van der Waals surface area contributed by atoms with E-state index in [1.165, 1.54) is 5.56 Å². The summed E-state index contributed by atoms with van der Waals surface area (Å²) in [4.78, 5) is 6.34. The van der Waals surface area contributed by atoms with Crippen LogP contribution in [0.3, 0.4) is 0 Å². The second-order valence-corrected chi connectivity index (χ2v) is 7.68. The molecule has 5 heteroatoms. The first-order valence-corrected chi connectivity index (χ1v) is 10.2. The van der Waals surface area contributed by atoms with Gasteiger partial charge in [0.1, 0.15) is 30.8 Å². The van der Waals surface area contributed by atoms with Gasteiger partial charge in [-0.1, -0.05) is 35.9 Å². The number of pyridine rings is 1. The standard InChI is InChI=1S/C25H30N2O3/c1-19-7-12-25(20(2)14-19)30-18-23(28)16-27(3)15-21-8-10-24(11-9-21)29-17-22-6-4-5-13-26-22/h4-14,23,28H,15-18H2,1-3H3/t23-/m0/s1. The lowest BCUT2D eigenvalue weighted by Crippen LogP contribution is -2.32. The van der Waals surface area contributed by atoms with E-state index in [4.69, 9.17) is 9.47 Å². The second kappa shape index (κ2) is 10.8. The van der Waals surface area contributed by atoms with Crippen molar-refractivity contribution in [2.45, 2.75) is 33.1 Å². The topological polar surface area (TPSA) is 54.8 Å². The highest BCUT2D eigenvalue weighted by Gasteiger charge is 2.11. The van der Waals surface area contributed by atoms with Crippen molar-refractivity contribution in [3.8, 4) is 11.5 Å². The molecule has 0 aliphatic carbocycles. The molecule has 0 bridgehead atoms. The van der Waals surface area contributed by atoms with Gasteiger partial charge in [0.2, 0.25) is 0 Å². The summed E-state index contributed by atoms with van der Waals surface area (Å²) in [6.45, 7) is 6.07. The number of benzene rings is 2. The average molecular weight is 407 g/mol. The number of aliphatic hydroxyl groups excluding tert-OH is 1. The lowest BCUT2D eigenvalue weighted by molar-refractivity contribution is 0.0741. The Morgan fingerprint density at radius 3 is 2.50 bits per heavy atom. The fourth-order valence-corrected chi connectivity index (χ4v) is 3.27. The lowest BCUT2D eigenvalue weighted by atomic mass is 10.1. The molecule has 1 N–H and O–H groups in total. The first-order valence-electron chi connectivity index (χ1n) is 10.2. The molecule has 3 aromatic rings. The fraction of sp³-hybridized carbons (Fsp3) is 0.320. The molecular weight excluding hydrogens is 376 g/mol. The second-order valence-electron chi connectivity index (χ2n) is 7.68. The minimum Gasteiger partial charge on any atom is -0.491 e. The number of aryl methyl sites for hydroxylation is 2. The maximum atomic E-state index is 10.3. The molecule has 0 unspecified atom stereocenters. The van der Waals surface area contributed by atoms with E-state index in [9.17, 15) is 5.11 Å². The third-order valence-corrected chi connectivity index (χ3v) is 4.77. The van der Waals surface area contributed by atoms with E-state index < -0.39 is 6.10 Å². The van der Waals surface area contributed by atoms with E-state index >= 15 is 0 Å². The van der Waals surface area contributed by atoms with E-state index in [1.807, 2.05) is 68.6 Å². The molecule has 1 heterocycles. The van der Waals surface area contributed by atoms with Crippen LogP contribution in [0.2, 0.25) is 0 Å². The number of aromatic nitrogens is 1. The number of rotatable bonds is 10. The van der Waals surface area contributed by atoms with Gasteiger partial charge in [0, 0.05) is 19.3 Å². The normalized spacial score (nSPS) is 12.0. The minimum absolute atomic E-state index is 0.272. The van der Waals surface area contributed by atoms with E-state index in [2.05, 4.69) is 22.9 Å². The molecule has 0 fully saturated rings. The van der Waals surface area contributed by atoms with Gasteiger partial charge in [0.05, 0.1) is 5.69 Å². The zero-order chi connectivity index (χ0) is 21.3. The summed E-state index contributed by atoms with van der Waals surface area (Å²) in [6.07, 6.45) is 1.20. The lowest BCUT2D eigenvalue weighted by Gasteiger charge is -2.21. The van der Waals surface area contributed by atoms with Crippen molar-refractivity contribution in [1.29, 1.82) is 0 Å². The largest absolute Gasteiger partial charge is 0.491 e. The Morgan fingerprint density at radius 1 is 1.00 bits per heavy atom. The van der Waals surface area contributed by atoms with Crippen molar-refractivity contribution in [3.63, 3.8) is 0 Å². The van der Waals surface area contributed by atoms with Crippen molar-refractivity contribution in [1.82, 2.24) is 9.88 Å². The fourth-order valence-electron chi connectivity index (χ4n) is 3.27. The summed E-state index contributed by atoms with van der Waals surface area (Å²) >= 11 is 0. The van der Waals surface area contributed by atoms with Crippen LogP contribution in [0.4, 0.5) is 0 Å². The molecule has 1 aromatic heterocycles. The zero-order valence-corrected chi connectivity index (χ0v) is 17.9. The zero-order valence-electron chi connectivity index (χ0n) is 17.9. The number of hydrogen-bond acceptors (Lipinski definition) is 5. The average Bonchev–Trinajstić information content (AvgIpc) is 2.73. The van der Waals surface area contributed by atoms with Crippen LogP contribution in [0.15, 0.2) is 66.9 Å². The Hall–Kier alpha value is -2.89. The van der Waals surface area contributed by atoms with E-state index in [0.717, 1.165) is 34.9 Å². The van der Waals surface area contributed by atoms with Crippen molar-refractivity contribution in [3.05, 3.63) is 89.2 Å². The van der Waals surface area contributed by atoms with Crippen molar-refractivity contribution in [2.75, 3.05) is 20.2 Å². The van der Waals surface area contributed by atoms with Crippen molar-refractivity contribution in [2.24, 2.45) is 0 Å². The molecule has 5 nitrogen and oxygen atoms in total. The predicted molar refractivity (Wildman–Crippen MR) is 119 cm³/mol. The Bertz CT molecular complexity index is 913. The van der Waals surface area contributed by atoms with Gasteiger partial charge in [-0.25, -0.2) is 0 Å². The first-order chi connectivity index (χ1) is 14.5. The van der Waals surface area contributed by atoms with Crippen LogP contribution < -0.4 is 9.47 Å². The Balaban J connectivity index is 1.41. The predicted octanol–water partition coefficient (Wildman–Crippen LogP) is 4.15. The van der Waals surface area contributed by atoms with Crippen LogP contribution in [0, 0.1) is 13.8 Å². The summed E-state index contributed by atoms with van der Waals surface area (Å²) in [5.74, 6) is 1.64. The van der Waals surface area contributed by atoms with Gasteiger partial charge in [-0.3, -0.25) is 9.88 Å². The molecule has 30 heavy (non-hydrogen) atoms. The van der Waals surface area contributed by atoms with Crippen molar-refractivity contribution >= 4 is 0 Å². The summed E-state index contributed by atoms with van der Waals surface area (Å²) < 4.78 is 11.6. The van der Waals surface area contributed by atoms with Gasteiger partial charge >= 0.3 is 0 Å². The van der Waals surface area contributed by atoms with Gasteiger partial charge in [0.15, 0.2) is 0 Å². The monoisotopic (exact) mass is 406 g/mol. The third kappa shape index (κ3) is 6.87. The van der Waals surface area contributed by atoms with Crippen LogP contribution in [-0.2, 0) is 13.2 Å². The summed E-state index contributed by atoms with van der Waals surface area (Å²) in [5.41, 5.74) is 4.35. The molecule has 0 spiro atoms. The van der Waals surface area contributed by atoms with Crippen LogP contribution in [0.5, 0.6) is 11.5 Å². The van der Waals surface area contributed by atoms with E-state index in [0.29, 0.717) is 13.2 Å². The van der Waals surface area contributed by atoms with E-state index in [1.54, 1.807) is 6.20 Å². The van der Waals surface area contributed by atoms with E-state index in [-0.39, 0.29) is 6.61 Å². The number of hydrogen-bond donors (Lipinski definition) is 1. The number of likely N-dealkylation sites (N-methyl/N-ethyl adjacent to an activating group) is 1. The molecule has 0 amide bonds. The molecule has 0 aliphatic heterocycles. The molecule has 0 saturated carbocycles. The highest BCUT2D eigenvalue weighted by atomic mass is 16.5. The molecule has 0 aliphatic rings. The van der Waals surface area contributed by atoms with Crippen LogP contribution >= 0.6 is 0 Å². The van der Waals surface area contributed by atoms with Gasteiger partial charge < -0.3 is 14.6 Å². The smallest absolute Gasteiger partial charge is 0.130 e. The Morgan fingerprint density at radius 2 is 1.80 bits per heavy atom. The molecular formula is C25H30N2O3. The van der Waals surface area contributed by atoms with Gasteiger partial charge in [-0.15, -0.1) is 0 Å². The maximum Gasteiger partial charge on any atom is 0.130 e. The molecule has 1 atom stereocenters. The summed E-state index contributed by atoms with van der Waals surface area (Å²) in [7, 11) is 1.99. The van der Waals surface area contributed by atoms with Gasteiger partial charge in [-0.05, 0) is 62.4 Å². The van der Waals surface area contributed by atoms with Crippen LogP contribution in [0.25, 0.3) is 0 Å². The third-order valence-electron chi connectivity index (χ3n) is 4.77.